The summed E-state index contributed by atoms with van der Waals surface area (Å²) in [6.45, 7) is 0.944. The number of anilines is 1. The first-order valence-electron chi connectivity index (χ1n) is 8.23. The monoisotopic (exact) mass is 457 g/mol. The topological polar surface area (TPSA) is 12.5 Å². The normalized spacial score (nSPS) is 14.2. The second-order valence-electron chi connectivity index (χ2n) is 6.05. The lowest BCUT2D eigenvalue weighted by Gasteiger charge is -2.31. The van der Waals surface area contributed by atoms with Crippen molar-refractivity contribution in [2.45, 2.75) is 12.6 Å². The molecule has 0 aliphatic carbocycles. The molecule has 0 amide bonds. The Morgan fingerprint density at radius 1 is 0.840 bits per heavy atom. The largest absolute Gasteiger partial charge is 0.466 e. The molecule has 1 heterocycles. The fraction of sp³-hybridized carbons (Fsp3) is 0.143. The molecule has 4 heteroatoms. The van der Waals surface area contributed by atoms with Crippen LogP contribution in [-0.4, -0.2) is 6.54 Å². The van der Waals surface area contributed by atoms with E-state index >= 15 is 0 Å². The van der Waals surface area contributed by atoms with Crippen molar-refractivity contribution >= 4 is 37.5 Å². The minimum absolute atomic E-state index is 0.155. The molecule has 3 aromatic carbocycles. The summed E-state index contributed by atoms with van der Waals surface area (Å²) in [7, 11) is 0. The highest BCUT2D eigenvalue weighted by Crippen LogP contribution is 2.38. The highest BCUT2D eigenvalue weighted by atomic mass is 79.9. The van der Waals surface area contributed by atoms with Gasteiger partial charge in [0.1, 0.15) is 5.75 Å². The summed E-state index contributed by atoms with van der Waals surface area (Å²) in [5.74, 6) is 0.855. The fourth-order valence-corrected chi connectivity index (χ4v) is 4.02. The summed E-state index contributed by atoms with van der Waals surface area (Å²) in [5.41, 5.74) is 3.75. The Bertz CT molecular complexity index is 882. The van der Waals surface area contributed by atoms with Crippen molar-refractivity contribution < 1.29 is 4.74 Å². The number of nitrogens with zero attached hydrogens (tertiary/aromatic N) is 1. The van der Waals surface area contributed by atoms with Crippen molar-refractivity contribution in [1.82, 2.24) is 0 Å². The van der Waals surface area contributed by atoms with E-state index in [0.717, 1.165) is 33.2 Å². The molecule has 0 saturated carbocycles. The van der Waals surface area contributed by atoms with E-state index in [0.29, 0.717) is 0 Å². The molecule has 0 N–H and O–H groups in total. The molecule has 1 aliphatic rings. The summed E-state index contributed by atoms with van der Waals surface area (Å²) >= 11 is 7.10. The average molecular weight is 459 g/mol. The Hall–Kier alpha value is -1.78. The lowest BCUT2D eigenvalue weighted by molar-refractivity contribution is 0.201. The molecule has 4 rings (SSSR count). The molecule has 1 aliphatic heterocycles. The van der Waals surface area contributed by atoms with Crippen LogP contribution in [0.3, 0.4) is 0 Å². The third-order valence-corrected chi connectivity index (χ3v) is 5.37. The molecule has 126 valence electrons. The summed E-state index contributed by atoms with van der Waals surface area (Å²) in [6.07, 6.45) is 0.873. The first-order valence-corrected chi connectivity index (χ1v) is 9.81. The van der Waals surface area contributed by atoms with Gasteiger partial charge in [0.25, 0.3) is 0 Å². The van der Waals surface area contributed by atoms with Crippen LogP contribution in [0.25, 0.3) is 0 Å². The molecule has 0 aromatic heterocycles. The molecule has 3 aromatic rings. The summed E-state index contributed by atoms with van der Waals surface area (Å²) in [6, 6.07) is 24.9. The van der Waals surface area contributed by atoms with Gasteiger partial charge in [-0.05, 0) is 48.4 Å². The number of hydrogen-bond donors (Lipinski definition) is 0. The molecule has 0 spiro atoms. The highest BCUT2D eigenvalue weighted by molar-refractivity contribution is 9.10. The van der Waals surface area contributed by atoms with Gasteiger partial charge in [0, 0.05) is 26.7 Å². The van der Waals surface area contributed by atoms with Gasteiger partial charge < -0.3 is 9.64 Å². The van der Waals surface area contributed by atoms with Crippen LogP contribution in [0.4, 0.5) is 5.69 Å². The van der Waals surface area contributed by atoms with E-state index in [1.54, 1.807) is 0 Å². The predicted octanol–water partition coefficient (Wildman–Crippen LogP) is 6.35. The van der Waals surface area contributed by atoms with E-state index in [1.807, 2.05) is 30.3 Å². The van der Waals surface area contributed by atoms with Gasteiger partial charge in [-0.3, -0.25) is 0 Å². The quantitative estimate of drug-likeness (QED) is 0.451. The van der Waals surface area contributed by atoms with E-state index < -0.39 is 0 Å². The molecular weight excluding hydrogens is 442 g/mol. The van der Waals surface area contributed by atoms with Crippen LogP contribution in [-0.2, 0) is 6.42 Å². The molecule has 0 unspecified atom stereocenters. The van der Waals surface area contributed by atoms with Gasteiger partial charge in [-0.1, -0.05) is 68.3 Å². The van der Waals surface area contributed by atoms with Crippen LogP contribution in [0.2, 0.25) is 0 Å². The first-order chi connectivity index (χ1) is 12.2. The Kier molecular flexibility index (Phi) is 4.82. The summed E-state index contributed by atoms with van der Waals surface area (Å²) in [4.78, 5) is 2.35. The van der Waals surface area contributed by atoms with Gasteiger partial charge in [-0.25, -0.2) is 0 Å². The van der Waals surface area contributed by atoms with Crippen LogP contribution < -0.4 is 9.64 Å². The van der Waals surface area contributed by atoms with Gasteiger partial charge in [0.2, 0.25) is 0 Å². The van der Waals surface area contributed by atoms with Crippen molar-refractivity contribution in [3.8, 4) is 5.75 Å². The lowest BCUT2D eigenvalue weighted by atomic mass is 10.1. The highest BCUT2D eigenvalue weighted by Gasteiger charge is 2.28. The van der Waals surface area contributed by atoms with E-state index in [1.165, 1.54) is 11.3 Å². The van der Waals surface area contributed by atoms with Crippen molar-refractivity contribution in [3.05, 3.63) is 92.9 Å². The predicted molar refractivity (Wildman–Crippen MR) is 109 cm³/mol. The third kappa shape index (κ3) is 3.60. The Morgan fingerprint density at radius 2 is 1.64 bits per heavy atom. The summed E-state index contributed by atoms with van der Waals surface area (Å²) < 4.78 is 8.58. The van der Waals surface area contributed by atoms with E-state index in [9.17, 15) is 0 Å². The fourth-order valence-electron chi connectivity index (χ4n) is 3.24. The minimum Gasteiger partial charge on any atom is -0.466 e. The van der Waals surface area contributed by atoms with Crippen LogP contribution in [0.15, 0.2) is 81.7 Å². The van der Waals surface area contributed by atoms with Gasteiger partial charge in [0.05, 0.1) is 0 Å². The zero-order valence-corrected chi connectivity index (χ0v) is 16.7. The number of halogens is 2. The maximum Gasteiger partial charge on any atom is 0.198 e. The maximum absolute atomic E-state index is 6.44. The van der Waals surface area contributed by atoms with Crippen LogP contribution in [0.1, 0.15) is 17.4 Å². The van der Waals surface area contributed by atoms with Crippen molar-refractivity contribution in [2.75, 3.05) is 11.4 Å². The number of rotatable bonds is 4. The number of benzene rings is 3. The van der Waals surface area contributed by atoms with Crippen LogP contribution >= 0.6 is 31.9 Å². The SMILES string of the molecule is Brc1cccc(O[C@@H](c2ccccc2)N2CCc3cc(Br)ccc32)c1. The zero-order valence-electron chi connectivity index (χ0n) is 13.5. The van der Waals surface area contributed by atoms with Crippen LogP contribution in [0.5, 0.6) is 5.75 Å². The Balaban J connectivity index is 1.72. The lowest BCUT2D eigenvalue weighted by Crippen LogP contribution is -2.31. The van der Waals surface area contributed by atoms with E-state index in [4.69, 9.17) is 4.74 Å². The molecule has 0 bridgehead atoms. The molecule has 0 fully saturated rings. The smallest absolute Gasteiger partial charge is 0.198 e. The van der Waals surface area contributed by atoms with Crippen LogP contribution in [0, 0.1) is 0 Å². The van der Waals surface area contributed by atoms with Crippen molar-refractivity contribution in [3.63, 3.8) is 0 Å². The van der Waals surface area contributed by atoms with E-state index in [2.05, 4.69) is 79.2 Å². The van der Waals surface area contributed by atoms with Crippen molar-refractivity contribution in [1.29, 1.82) is 0 Å². The van der Waals surface area contributed by atoms with Crippen molar-refractivity contribution in [2.24, 2.45) is 0 Å². The number of ether oxygens (including phenoxy) is 1. The zero-order chi connectivity index (χ0) is 17.2. The molecular formula is C21H17Br2NO. The number of fused-ring (bicyclic) bond motifs is 1. The standard InChI is InChI=1S/C21H17Br2NO/c22-17-7-4-8-19(14-17)25-21(15-5-2-1-3-6-15)24-12-11-16-13-18(23)9-10-20(16)24/h1-10,13-14,21H,11-12H2/t21-/m0/s1. The average Bonchev–Trinajstić information content (AvgIpc) is 3.03. The van der Waals surface area contributed by atoms with Gasteiger partial charge in [-0.15, -0.1) is 0 Å². The maximum atomic E-state index is 6.44. The first kappa shape index (κ1) is 16.7. The Morgan fingerprint density at radius 3 is 2.44 bits per heavy atom. The molecule has 0 saturated heterocycles. The minimum atomic E-state index is -0.155. The van der Waals surface area contributed by atoms with E-state index in [-0.39, 0.29) is 6.23 Å². The summed E-state index contributed by atoms with van der Waals surface area (Å²) in [5, 5.41) is 0. The second kappa shape index (κ2) is 7.22. The Labute approximate surface area is 164 Å². The third-order valence-electron chi connectivity index (χ3n) is 4.38. The molecule has 2 nitrogen and oxygen atoms in total. The molecule has 0 radical (unpaired) electrons. The second-order valence-corrected chi connectivity index (χ2v) is 7.89. The molecule has 25 heavy (non-hydrogen) atoms. The van der Waals surface area contributed by atoms with Gasteiger partial charge in [0.15, 0.2) is 6.23 Å². The number of hydrogen-bond acceptors (Lipinski definition) is 2. The molecule has 1 atom stereocenters. The van der Waals surface area contributed by atoms with Gasteiger partial charge in [-0.2, -0.15) is 0 Å². The van der Waals surface area contributed by atoms with Gasteiger partial charge >= 0.3 is 0 Å².